The van der Waals surface area contributed by atoms with Gasteiger partial charge >= 0.3 is 6.18 Å². The van der Waals surface area contributed by atoms with Gasteiger partial charge in [-0.3, -0.25) is 9.78 Å². The molecule has 0 saturated carbocycles. The molecule has 1 aromatic carbocycles. The number of aromatic nitrogens is 4. The number of amides is 1. The zero-order valence-corrected chi connectivity index (χ0v) is 17.4. The molecule has 4 rings (SSSR count). The molecule has 0 N–H and O–H groups in total. The lowest BCUT2D eigenvalue weighted by Gasteiger charge is -2.22. The van der Waals surface area contributed by atoms with E-state index >= 15 is 0 Å². The second-order valence-electron chi connectivity index (χ2n) is 7.27. The van der Waals surface area contributed by atoms with Crippen LogP contribution in [0, 0.1) is 13.8 Å². The first-order valence-electron chi connectivity index (χ1n) is 9.34. The third kappa shape index (κ3) is 4.05. The number of hydrogen-bond donors (Lipinski definition) is 0. The van der Waals surface area contributed by atoms with E-state index in [1.807, 2.05) is 19.9 Å². The summed E-state index contributed by atoms with van der Waals surface area (Å²) in [5.74, 6) is -0.649. The summed E-state index contributed by atoms with van der Waals surface area (Å²) in [4.78, 5) is 18.5. The van der Waals surface area contributed by atoms with Gasteiger partial charge < -0.3 is 4.90 Å². The van der Waals surface area contributed by atoms with Gasteiger partial charge in [0.2, 0.25) is 0 Å². The molecular weight excluding hydrogens is 431 g/mol. The van der Waals surface area contributed by atoms with E-state index in [0.717, 1.165) is 29.0 Å². The van der Waals surface area contributed by atoms with E-state index in [0.29, 0.717) is 17.9 Å². The maximum atomic E-state index is 13.1. The van der Waals surface area contributed by atoms with Crippen molar-refractivity contribution < 1.29 is 18.0 Å². The maximum Gasteiger partial charge on any atom is 0.417 e. The zero-order valence-electron chi connectivity index (χ0n) is 16.6. The monoisotopic (exact) mass is 447 g/mol. The molecule has 0 bridgehead atoms. The lowest BCUT2D eigenvalue weighted by atomic mass is 10.1. The summed E-state index contributed by atoms with van der Waals surface area (Å²) in [6.07, 6.45) is 0.280. The summed E-state index contributed by atoms with van der Waals surface area (Å²) in [6.45, 7) is 4.41. The molecule has 0 unspecified atom stereocenters. The predicted molar refractivity (Wildman–Crippen MR) is 108 cm³/mol. The molecule has 1 aliphatic heterocycles. The number of aryl methyl sites for hydroxylation is 2. The Bertz CT molecular complexity index is 1200. The number of halogens is 4. The lowest BCUT2D eigenvalue weighted by molar-refractivity contribution is -0.137. The second-order valence-corrected chi connectivity index (χ2v) is 7.65. The van der Waals surface area contributed by atoms with Crippen molar-refractivity contribution in [1.82, 2.24) is 24.9 Å². The molecule has 31 heavy (non-hydrogen) atoms. The molecule has 0 fully saturated rings. The minimum Gasteiger partial charge on any atom is -0.309 e. The van der Waals surface area contributed by atoms with Gasteiger partial charge in [-0.1, -0.05) is 28.9 Å². The van der Waals surface area contributed by atoms with E-state index in [9.17, 15) is 18.0 Å². The Morgan fingerprint density at radius 2 is 2.03 bits per heavy atom. The normalized spacial score (nSPS) is 13.4. The van der Waals surface area contributed by atoms with Crippen molar-refractivity contribution in [3.8, 4) is 0 Å². The second kappa shape index (κ2) is 7.81. The minimum absolute atomic E-state index is 0.0670. The number of hydrogen-bond acceptors (Lipinski definition) is 4. The van der Waals surface area contributed by atoms with Crippen LogP contribution in [0.3, 0.4) is 0 Å². The van der Waals surface area contributed by atoms with Crippen molar-refractivity contribution in [3.05, 3.63) is 81.0 Å². The van der Waals surface area contributed by atoms with Crippen LogP contribution in [-0.4, -0.2) is 30.8 Å². The topological polar surface area (TPSA) is 63.9 Å². The van der Waals surface area contributed by atoms with E-state index in [4.69, 9.17) is 11.6 Å². The molecule has 10 heteroatoms. The molecule has 3 heterocycles. The third-order valence-electron chi connectivity index (χ3n) is 5.00. The number of rotatable bonds is 3. The highest BCUT2D eigenvalue weighted by molar-refractivity contribution is 6.34. The summed E-state index contributed by atoms with van der Waals surface area (Å²) in [6, 6.07) is 5.30. The predicted octanol–water partition coefficient (Wildman–Crippen LogP) is 4.64. The summed E-state index contributed by atoms with van der Waals surface area (Å²) in [5, 5.41) is 7.66. The highest BCUT2D eigenvalue weighted by atomic mass is 35.5. The van der Waals surface area contributed by atoms with E-state index in [-0.39, 0.29) is 12.1 Å². The van der Waals surface area contributed by atoms with Crippen LogP contribution in [0.2, 0.25) is 5.02 Å². The van der Waals surface area contributed by atoms with Crippen molar-refractivity contribution in [2.45, 2.75) is 33.1 Å². The van der Waals surface area contributed by atoms with Gasteiger partial charge in [0.1, 0.15) is 5.69 Å². The number of carbonyl (C=O) groups excluding carboxylic acids is 1. The van der Waals surface area contributed by atoms with Crippen LogP contribution in [0.1, 0.15) is 44.1 Å². The maximum absolute atomic E-state index is 13.1. The van der Waals surface area contributed by atoms with Gasteiger partial charge in [0.15, 0.2) is 0 Å². The Morgan fingerprint density at radius 3 is 2.74 bits per heavy atom. The molecule has 160 valence electrons. The summed E-state index contributed by atoms with van der Waals surface area (Å²) in [5.41, 5.74) is 2.90. The fraction of sp³-hybridized carbons (Fsp3) is 0.238. The highest BCUT2D eigenvalue weighted by Gasteiger charge is 2.35. The Kier molecular flexibility index (Phi) is 5.30. The Hall–Kier alpha value is -3.20. The minimum atomic E-state index is -4.65. The van der Waals surface area contributed by atoms with Crippen LogP contribution < -0.4 is 0 Å². The zero-order chi connectivity index (χ0) is 22.3. The molecule has 2 aromatic heterocycles. The largest absolute Gasteiger partial charge is 0.417 e. The van der Waals surface area contributed by atoms with Crippen LogP contribution in [0.25, 0.3) is 6.08 Å². The number of carbonyl (C=O) groups is 1. The van der Waals surface area contributed by atoms with Crippen LogP contribution >= 0.6 is 11.6 Å². The number of alkyl halides is 3. The van der Waals surface area contributed by atoms with Gasteiger partial charge in [-0.15, -0.1) is 5.10 Å². The molecule has 1 aliphatic rings. The summed E-state index contributed by atoms with van der Waals surface area (Å²) >= 11 is 5.90. The van der Waals surface area contributed by atoms with Crippen molar-refractivity contribution in [2.75, 3.05) is 0 Å². The molecule has 6 nitrogen and oxygen atoms in total. The molecular formula is C21H17ClF3N5O. The molecule has 3 aromatic rings. The smallest absolute Gasteiger partial charge is 0.309 e. The number of benzene rings is 1. The van der Waals surface area contributed by atoms with Gasteiger partial charge in [-0.2, -0.15) is 13.2 Å². The van der Waals surface area contributed by atoms with E-state index in [1.165, 1.54) is 17.2 Å². The average molecular weight is 448 g/mol. The van der Waals surface area contributed by atoms with Gasteiger partial charge in [-0.05, 0) is 43.2 Å². The van der Waals surface area contributed by atoms with Crippen LogP contribution in [-0.2, 0) is 19.3 Å². The molecule has 0 atom stereocenters. The van der Waals surface area contributed by atoms with Gasteiger partial charge in [0, 0.05) is 12.4 Å². The summed E-state index contributed by atoms with van der Waals surface area (Å²) in [7, 11) is 0. The number of fused-ring (bicyclic) bond motifs is 1. The van der Waals surface area contributed by atoms with E-state index < -0.39 is 22.7 Å². The van der Waals surface area contributed by atoms with Crippen LogP contribution in [0.4, 0.5) is 13.2 Å². The van der Waals surface area contributed by atoms with Crippen molar-refractivity contribution in [2.24, 2.45) is 0 Å². The van der Waals surface area contributed by atoms with Crippen molar-refractivity contribution in [3.63, 3.8) is 0 Å². The van der Waals surface area contributed by atoms with Gasteiger partial charge in [0.25, 0.3) is 5.91 Å². The molecule has 0 saturated heterocycles. The van der Waals surface area contributed by atoms with Gasteiger partial charge in [0.05, 0.1) is 40.6 Å². The Balaban J connectivity index is 1.58. The first-order valence-corrected chi connectivity index (χ1v) is 9.72. The summed E-state index contributed by atoms with van der Waals surface area (Å²) < 4.78 is 41.0. The quantitative estimate of drug-likeness (QED) is 0.587. The van der Waals surface area contributed by atoms with Crippen molar-refractivity contribution in [1.29, 1.82) is 0 Å². The Labute approximate surface area is 181 Å². The van der Waals surface area contributed by atoms with Gasteiger partial charge in [-0.25, -0.2) is 4.68 Å². The van der Waals surface area contributed by atoms with Crippen LogP contribution in [0.5, 0.6) is 0 Å². The third-order valence-corrected chi connectivity index (χ3v) is 5.41. The molecule has 0 aliphatic carbocycles. The number of nitrogens with zero attached hydrogens (tertiary/aromatic N) is 5. The Morgan fingerprint density at radius 1 is 1.26 bits per heavy atom. The lowest BCUT2D eigenvalue weighted by Crippen LogP contribution is -2.28. The standard InChI is InChI=1S/C21H17ClF3N5O/c1-12-8-13(2)16(26-9-12)11-30-18-6-7-29(10-17(18)27-28-30)20(31)14-4-3-5-15(19(14)22)21(23,24)25/h3-9H,10-11H2,1-2H3. The number of pyridine rings is 1. The molecule has 1 amide bonds. The fourth-order valence-corrected chi connectivity index (χ4v) is 3.72. The first kappa shape index (κ1) is 21.0. The average Bonchev–Trinajstić information content (AvgIpc) is 3.11. The van der Waals surface area contributed by atoms with E-state index in [2.05, 4.69) is 15.3 Å². The van der Waals surface area contributed by atoms with Crippen molar-refractivity contribution >= 4 is 23.6 Å². The SMILES string of the molecule is Cc1cnc(Cn2nnc3c2C=CN(C(=O)c2cccc(C(F)(F)F)c2Cl)C3)c(C)c1. The first-order chi connectivity index (χ1) is 14.6. The molecule has 0 spiro atoms. The highest BCUT2D eigenvalue weighted by Crippen LogP contribution is 2.37. The molecule has 0 radical (unpaired) electrons. The van der Waals surface area contributed by atoms with E-state index in [1.54, 1.807) is 17.0 Å². The fourth-order valence-electron chi connectivity index (χ4n) is 3.40. The van der Waals surface area contributed by atoms with Crippen LogP contribution in [0.15, 0.2) is 36.7 Å².